The summed E-state index contributed by atoms with van der Waals surface area (Å²) in [5.74, 6) is -0.584. The molecule has 0 atom stereocenters. The molecular formula is C18H18N2O3. The molecule has 3 rings (SSSR count). The van der Waals surface area contributed by atoms with E-state index in [1.807, 2.05) is 48.5 Å². The van der Waals surface area contributed by atoms with Gasteiger partial charge in [-0.2, -0.15) is 0 Å². The Hall–Kier alpha value is -2.95. The molecule has 3 aromatic rings. The standard InChI is InChI=1S/C18H18N2O3/c1-3-23-18(22)16-17(21)14-11-13(9-10-15(14)20(16)2)19-12-7-5-4-6-8-12/h4-11,19,21H,3H2,1-2H3. The van der Waals surface area contributed by atoms with E-state index in [0.717, 1.165) is 16.9 Å². The zero-order valence-corrected chi connectivity index (χ0v) is 13.0. The Morgan fingerprint density at radius 2 is 1.91 bits per heavy atom. The third-order valence-corrected chi connectivity index (χ3v) is 3.70. The van der Waals surface area contributed by atoms with Gasteiger partial charge in [0.05, 0.1) is 12.1 Å². The predicted octanol–water partition coefficient (Wildman–Crippen LogP) is 3.80. The van der Waals surface area contributed by atoms with Crippen LogP contribution in [-0.4, -0.2) is 22.2 Å². The fourth-order valence-electron chi connectivity index (χ4n) is 2.62. The Morgan fingerprint density at radius 3 is 2.61 bits per heavy atom. The lowest BCUT2D eigenvalue weighted by Crippen LogP contribution is -2.09. The fraction of sp³-hybridized carbons (Fsp3) is 0.167. The Labute approximate surface area is 134 Å². The summed E-state index contributed by atoms with van der Waals surface area (Å²) < 4.78 is 6.66. The third-order valence-electron chi connectivity index (χ3n) is 3.70. The highest BCUT2D eigenvalue weighted by atomic mass is 16.5. The Bertz CT molecular complexity index is 854. The van der Waals surface area contributed by atoms with E-state index >= 15 is 0 Å². The van der Waals surface area contributed by atoms with Gasteiger partial charge >= 0.3 is 5.97 Å². The minimum atomic E-state index is -0.527. The van der Waals surface area contributed by atoms with Gasteiger partial charge < -0.3 is 19.7 Å². The molecule has 5 nitrogen and oxygen atoms in total. The molecule has 2 N–H and O–H groups in total. The van der Waals surface area contributed by atoms with E-state index in [9.17, 15) is 9.90 Å². The van der Waals surface area contributed by atoms with Gasteiger partial charge in [-0.15, -0.1) is 0 Å². The largest absolute Gasteiger partial charge is 0.505 e. The minimum Gasteiger partial charge on any atom is -0.505 e. The van der Waals surface area contributed by atoms with Crippen molar-refractivity contribution in [2.24, 2.45) is 7.05 Å². The van der Waals surface area contributed by atoms with E-state index in [1.54, 1.807) is 18.5 Å². The van der Waals surface area contributed by atoms with Crippen LogP contribution in [0.3, 0.4) is 0 Å². The predicted molar refractivity (Wildman–Crippen MR) is 90.3 cm³/mol. The molecular weight excluding hydrogens is 292 g/mol. The smallest absolute Gasteiger partial charge is 0.358 e. The van der Waals surface area contributed by atoms with Gasteiger partial charge in [0, 0.05) is 23.8 Å². The highest BCUT2D eigenvalue weighted by Gasteiger charge is 2.22. The SMILES string of the molecule is CCOC(=O)c1c(O)c2cc(Nc3ccccc3)ccc2n1C. The van der Waals surface area contributed by atoms with Gasteiger partial charge in [0.25, 0.3) is 0 Å². The van der Waals surface area contributed by atoms with Crippen molar-refractivity contribution in [3.05, 3.63) is 54.2 Å². The van der Waals surface area contributed by atoms with Crippen LogP contribution < -0.4 is 5.32 Å². The number of aryl methyl sites for hydroxylation is 1. The van der Waals surface area contributed by atoms with Gasteiger partial charge in [-0.3, -0.25) is 0 Å². The Balaban J connectivity index is 2.03. The third kappa shape index (κ3) is 2.73. The molecule has 0 radical (unpaired) electrons. The quantitative estimate of drug-likeness (QED) is 0.719. The number of ether oxygens (including phenoxy) is 1. The Kier molecular flexibility index (Phi) is 3.93. The summed E-state index contributed by atoms with van der Waals surface area (Å²) in [7, 11) is 1.73. The van der Waals surface area contributed by atoms with Crippen molar-refractivity contribution >= 4 is 28.2 Å². The van der Waals surface area contributed by atoms with Crippen LogP contribution in [0.2, 0.25) is 0 Å². The first-order valence-electron chi connectivity index (χ1n) is 7.42. The molecule has 118 valence electrons. The van der Waals surface area contributed by atoms with Crippen LogP contribution in [0.5, 0.6) is 5.75 Å². The number of aromatic hydroxyl groups is 1. The van der Waals surface area contributed by atoms with Crippen LogP contribution in [0.25, 0.3) is 10.9 Å². The molecule has 5 heteroatoms. The zero-order chi connectivity index (χ0) is 16.4. The summed E-state index contributed by atoms with van der Waals surface area (Å²) in [6, 6.07) is 15.3. The summed E-state index contributed by atoms with van der Waals surface area (Å²) in [4.78, 5) is 12.0. The molecule has 1 heterocycles. The number of nitrogens with one attached hydrogen (secondary N) is 1. The first-order chi connectivity index (χ1) is 11.1. The lowest BCUT2D eigenvalue weighted by molar-refractivity contribution is 0.0512. The number of fused-ring (bicyclic) bond motifs is 1. The van der Waals surface area contributed by atoms with E-state index in [-0.39, 0.29) is 18.1 Å². The van der Waals surface area contributed by atoms with Crippen LogP contribution in [0.1, 0.15) is 17.4 Å². The minimum absolute atomic E-state index is 0.0577. The number of para-hydroxylation sites is 1. The lowest BCUT2D eigenvalue weighted by Gasteiger charge is -2.06. The second-order valence-corrected chi connectivity index (χ2v) is 5.20. The molecule has 2 aromatic carbocycles. The fourth-order valence-corrected chi connectivity index (χ4v) is 2.62. The van der Waals surface area contributed by atoms with Crippen molar-refractivity contribution < 1.29 is 14.6 Å². The number of hydrogen-bond acceptors (Lipinski definition) is 4. The molecule has 0 unspecified atom stereocenters. The van der Waals surface area contributed by atoms with Gasteiger partial charge in [0.2, 0.25) is 0 Å². The van der Waals surface area contributed by atoms with Crippen molar-refractivity contribution in [1.82, 2.24) is 4.57 Å². The molecule has 0 aliphatic rings. The summed E-state index contributed by atoms with van der Waals surface area (Å²) in [5.41, 5.74) is 2.72. The average molecular weight is 310 g/mol. The van der Waals surface area contributed by atoms with Crippen LogP contribution in [0.15, 0.2) is 48.5 Å². The maximum atomic E-state index is 12.0. The van der Waals surface area contributed by atoms with E-state index in [4.69, 9.17) is 4.74 Å². The number of carbonyl (C=O) groups excluding carboxylic acids is 1. The molecule has 0 saturated carbocycles. The summed E-state index contributed by atoms with van der Waals surface area (Å²) in [6.45, 7) is 2.00. The van der Waals surface area contributed by atoms with E-state index in [1.165, 1.54) is 0 Å². The number of esters is 1. The zero-order valence-electron chi connectivity index (χ0n) is 13.0. The molecule has 0 fully saturated rings. The highest BCUT2D eigenvalue weighted by molar-refractivity contribution is 6.02. The normalized spacial score (nSPS) is 10.7. The number of benzene rings is 2. The van der Waals surface area contributed by atoms with Crippen molar-refractivity contribution in [3.8, 4) is 5.75 Å². The molecule has 1 aromatic heterocycles. The lowest BCUT2D eigenvalue weighted by atomic mass is 10.2. The van der Waals surface area contributed by atoms with Crippen molar-refractivity contribution in [2.75, 3.05) is 11.9 Å². The number of hydrogen-bond donors (Lipinski definition) is 2. The Morgan fingerprint density at radius 1 is 1.17 bits per heavy atom. The molecule has 0 bridgehead atoms. The molecule has 0 aliphatic carbocycles. The monoisotopic (exact) mass is 310 g/mol. The molecule has 23 heavy (non-hydrogen) atoms. The summed E-state index contributed by atoms with van der Waals surface area (Å²) in [5, 5.41) is 14.3. The average Bonchev–Trinajstić information content (AvgIpc) is 2.80. The van der Waals surface area contributed by atoms with Crippen molar-refractivity contribution in [3.63, 3.8) is 0 Å². The van der Waals surface area contributed by atoms with E-state index in [0.29, 0.717) is 5.39 Å². The van der Waals surface area contributed by atoms with Crippen LogP contribution in [0, 0.1) is 0 Å². The van der Waals surface area contributed by atoms with Gasteiger partial charge in [0.1, 0.15) is 0 Å². The van der Waals surface area contributed by atoms with Crippen molar-refractivity contribution in [2.45, 2.75) is 6.92 Å². The first kappa shape index (κ1) is 15.0. The summed E-state index contributed by atoms with van der Waals surface area (Å²) >= 11 is 0. The first-order valence-corrected chi connectivity index (χ1v) is 7.42. The van der Waals surface area contributed by atoms with Gasteiger partial charge in [-0.25, -0.2) is 4.79 Å². The van der Waals surface area contributed by atoms with Gasteiger partial charge in [-0.1, -0.05) is 18.2 Å². The molecule has 0 saturated heterocycles. The molecule has 0 spiro atoms. The van der Waals surface area contributed by atoms with Gasteiger partial charge in [0.15, 0.2) is 11.4 Å². The second kappa shape index (κ2) is 6.04. The van der Waals surface area contributed by atoms with E-state index in [2.05, 4.69) is 5.32 Å². The van der Waals surface area contributed by atoms with Gasteiger partial charge in [-0.05, 0) is 37.3 Å². The van der Waals surface area contributed by atoms with Crippen LogP contribution >= 0.6 is 0 Å². The van der Waals surface area contributed by atoms with E-state index < -0.39 is 5.97 Å². The molecule has 0 aliphatic heterocycles. The van der Waals surface area contributed by atoms with Crippen LogP contribution in [-0.2, 0) is 11.8 Å². The number of aromatic nitrogens is 1. The molecule has 0 amide bonds. The number of rotatable bonds is 4. The van der Waals surface area contributed by atoms with Crippen LogP contribution in [0.4, 0.5) is 11.4 Å². The number of carbonyl (C=O) groups is 1. The maximum absolute atomic E-state index is 12.0. The van der Waals surface area contributed by atoms with Crippen molar-refractivity contribution in [1.29, 1.82) is 0 Å². The highest BCUT2D eigenvalue weighted by Crippen LogP contribution is 2.34. The summed E-state index contributed by atoms with van der Waals surface area (Å²) in [6.07, 6.45) is 0. The maximum Gasteiger partial charge on any atom is 0.358 e. The number of anilines is 2. The topological polar surface area (TPSA) is 63.5 Å². The second-order valence-electron chi connectivity index (χ2n) is 5.20. The number of nitrogens with zero attached hydrogens (tertiary/aromatic N) is 1.